The zero-order valence-electron chi connectivity index (χ0n) is 9.49. The Labute approximate surface area is 107 Å². The summed E-state index contributed by atoms with van der Waals surface area (Å²) in [5.74, 6) is -0.796. The van der Waals surface area contributed by atoms with Crippen molar-refractivity contribution in [3.8, 4) is 5.75 Å². The first-order chi connectivity index (χ1) is 8.40. The van der Waals surface area contributed by atoms with E-state index in [1.165, 1.54) is 19.2 Å². The SMILES string of the molecule is CN(C(=N)N)C(=O)c1cc2c(Cl)cc(O)cc2[nH]1. The molecule has 0 bridgehead atoms. The number of nitrogens with zero attached hydrogens (tertiary/aromatic N) is 1. The van der Waals surface area contributed by atoms with E-state index in [9.17, 15) is 9.90 Å². The lowest BCUT2D eigenvalue weighted by Crippen LogP contribution is -2.38. The van der Waals surface area contributed by atoms with E-state index >= 15 is 0 Å². The number of nitrogens with two attached hydrogens (primary N) is 1. The first-order valence-electron chi connectivity index (χ1n) is 5.03. The number of fused-ring (bicyclic) bond motifs is 1. The molecule has 1 aromatic heterocycles. The Balaban J connectivity index is 2.51. The van der Waals surface area contributed by atoms with Crippen molar-refractivity contribution in [2.75, 3.05) is 7.05 Å². The molecule has 0 fully saturated rings. The van der Waals surface area contributed by atoms with Crippen molar-refractivity contribution in [1.82, 2.24) is 9.88 Å². The number of hydrogen-bond donors (Lipinski definition) is 4. The van der Waals surface area contributed by atoms with Crippen molar-refractivity contribution in [3.05, 3.63) is 28.9 Å². The van der Waals surface area contributed by atoms with Crippen LogP contribution < -0.4 is 5.73 Å². The van der Waals surface area contributed by atoms with Gasteiger partial charge in [0.05, 0.1) is 10.5 Å². The highest BCUT2D eigenvalue weighted by atomic mass is 35.5. The maximum absolute atomic E-state index is 11.9. The van der Waals surface area contributed by atoms with E-state index in [4.69, 9.17) is 22.7 Å². The van der Waals surface area contributed by atoms with E-state index in [1.807, 2.05) is 0 Å². The van der Waals surface area contributed by atoms with Gasteiger partial charge >= 0.3 is 0 Å². The van der Waals surface area contributed by atoms with Gasteiger partial charge in [0, 0.05) is 18.5 Å². The average molecular weight is 267 g/mol. The van der Waals surface area contributed by atoms with Crippen LogP contribution in [0.2, 0.25) is 5.02 Å². The number of hydrogen-bond acceptors (Lipinski definition) is 3. The van der Waals surface area contributed by atoms with Gasteiger partial charge in [0.2, 0.25) is 0 Å². The van der Waals surface area contributed by atoms with Crippen molar-refractivity contribution >= 4 is 34.4 Å². The highest BCUT2D eigenvalue weighted by Crippen LogP contribution is 2.29. The molecule has 18 heavy (non-hydrogen) atoms. The number of carbonyl (C=O) groups is 1. The third kappa shape index (κ3) is 1.98. The molecule has 1 heterocycles. The number of carbonyl (C=O) groups excluding carboxylic acids is 1. The molecule has 1 aromatic carbocycles. The number of rotatable bonds is 1. The predicted molar refractivity (Wildman–Crippen MR) is 69.0 cm³/mol. The van der Waals surface area contributed by atoms with Crippen LogP contribution in [0.5, 0.6) is 5.75 Å². The molecular formula is C11H11ClN4O2. The minimum Gasteiger partial charge on any atom is -0.508 e. The summed E-state index contributed by atoms with van der Waals surface area (Å²) in [4.78, 5) is 15.7. The van der Waals surface area contributed by atoms with Gasteiger partial charge in [0.25, 0.3) is 5.91 Å². The van der Waals surface area contributed by atoms with Crippen molar-refractivity contribution < 1.29 is 9.90 Å². The maximum Gasteiger partial charge on any atom is 0.276 e. The average Bonchev–Trinajstić information content (AvgIpc) is 2.70. The molecule has 0 aliphatic carbocycles. The number of nitrogens with one attached hydrogen (secondary N) is 2. The topological polar surface area (TPSA) is 106 Å². The van der Waals surface area contributed by atoms with Gasteiger partial charge in [-0.1, -0.05) is 11.6 Å². The molecule has 5 N–H and O–H groups in total. The molecule has 0 radical (unpaired) electrons. The van der Waals surface area contributed by atoms with Crippen LogP contribution in [0.1, 0.15) is 10.5 Å². The number of halogens is 1. The van der Waals surface area contributed by atoms with Crippen LogP contribution in [0, 0.1) is 5.41 Å². The lowest BCUT2D eigenvalue weighted by molar-refractivity contribution is 0.0864. The second kappa shape index (κ2) is 4.23. The minimum atomic E-state index is -0.450. The zero-order chi connectivity index (χ0) is 13.4. The van der Waals surface area contributed by atoms with E-state index in [-0.39, 0.29) is 17.4 Å². The van der Waals surface area contributed by atoms with Crippen LogP contribution in [0.4, 0.5) is 0 Å². The van der Waals surface area contributed by atoms with Gasteiger partial charge in [0.1, 0.15) is 11.4 Å². The zero-order valence-corrected chi connectivity index (χ0v) is 10.2. The monoisotopic (exact) mass is 266 g/mol. The quantitative estimate of drug-likeness (QED) is 0.464. The molecule has 0 aliphatic rings. The smallest absolute Gasteiger partial charge is 0.276 e. The lowest BCUT2D eigenvalue weighted by Gasteiger charge is -2.12. The molecule has 0 unspecified atom stereocenters. The van der Waals surface area contributed by atoms with Crippen LogP contribution in [-0.2, 0) is 0 Å². The first kappa shape index (κ1) is 12.3. The van der Waals surface area contributed by atoms with E-state index in [2.05, 4.69) is 4.98 Å². The van der Waals surface area contributed by atoms with Crippen molar-refractivity contribution in [2.24, 2.45) is 5.73 Å². The van der Waals surface area contributed by atoms with E-state index in [0.29, 0.717) is 15.9 Å². The van der Waals surface area contributed by atoms with Crippen LogP contribution in [0.25, 0.3) is 10.9 Å². The van der Waals surface area contributed by atoms with Crippen LogP contribution in [0.3, 0.4) is 0 Å². The van der Waals surface area contributed by atoms with E-state index < -0.39 is 5.91 Å². The molecule has 0 saturated heterocycles. The summed E-state index contributed by atoms with van der Waals surface area (Å²) >= 11 is 5.95. The summed E-state index contributed by atoms with van der Waals surface area (Å²) in [6.07, 6.45) is 0. The Kier molecular flexibility index (Phi) is 2.88. The number of H-pyrrole nitrogens is 1. The van der Waals surface area contributed by atoms with Gasteiger partial charge in [-0.05, 0) is 12.1 Å². The normalized spacial score (nSPS) is 10.6. The minimum absolute atomic E-state index is 0.00766. The van der Waals surface area contributed by atoms with Crippen molar-refractivity contribution in [2.45, 2.75) is 0 Å². The van der Waals surface area contributed by atoms with Crippen molar-refractivity contribution in [3.63, 3.8) is 0 Å². The molecule has 6 nitrogen and oxygen atoms in total. The van der Waals surface area contributed by atoms with Crippen LogP contribution in [0.15, 0.2) is 18.2 Å². The van der Waals surface area contributed by atoms with Crippen LogP contribution in [-0.4, -0.2) is 33.9 Å². The van der Waals surface area contributed by atoms with E-state index in [1.54, 1.807) is 6.07 Å². The fraction of sp³-hybridized carbons (Fsp3) is 0.0909. The van der Waals surface area contributed by atoms with Gasteiger partial charge in [0.15, 0.2) is 5.96 Å². The third-order valence-corrected chi connectivity index (χ3v) is 2.88. The second-order valence-electron chi connectivity index (χ2n) is 3.82. The summed E-state index contributed by atoms with van der Waals surface area (Å²) in [5, 5.41) is 17.6. The number of benzene rings is 1. The number of aromatic hydroxyl groups is 1. The third-order valence-electron chi connectivity index (χ3n) is 2.57. The molecule has 0 atom stereocenters. The number of phenolic OH excluding ortho intramolecular Hbond substituents is 1. The van der Waals surface area contributed by atoms with Gasteiger partial charge < -0.3 is 15.8 Å². The molecule has 0 spiro atoms. The molecule has 0 aliphatic heterocycles. The molecular weight excluding hydrogens is 256 g/mol. The summed E-state index contributed by atoms with van der Waals surface area (Å²) < 4.78 is 0. The summed E-state index contributed by atoms with van der Waals surface area (Å²) in [6.45, 7) is 0. The number of aromatic nitrogens is 1. The number of amides is 1. The molecule has 1 amide bonds. The van der Waals surface area contributed by atoms with Crippen LogP contribution >= 0.6 is 11.6 Å². The summed E-state index contributed by atoms with van der Waals surface area (Å²) in [7, 11) is 1.40. The lowest BCUT2D eigenvalue weighted by atomic mass is 10.2. The number of aromatic amines is 1. The maximum atomic E-state index is 11.9. The van der Waals surface area contributed by atoms with Gasteiger partial charge in [-0.2, -0.15) is 0 Å². The highest BCUT2D eigenvalue weighted by Gasteiger charge is 2.17. The van der Waals surface area contributed by atoms with Gasteiger partial charge in [-0.25, -0.2) is 0 Å². The van der Waals surface area contributed by atoms with Gasteiger partial charge in [-0.3, -0.25) is 15.1 Å². The standard InChI is InChI=1S/C11H11ClN4O2/c1-16(11(13)14)10(18)9-4-6-7(12)2-5(17)3-8(6)15-9/h2-4,15,17H,1H3,(H3,13,14). The highest BCUT2D eigenvalue weighted by molar-refractivity contribution is 6.35. The summed E-state index contributed by atoms with van der Waals surface area (Å²) in [6, 6.07) is 4.41. The Bertz CT molecular complexity index is 650. The Morgan fingerprint density at radius 3 is 2.78 bits per heavy atom. The Hall–Kier alpha value is -2.21. The number of phenols is 1. The van der Waals surface area contributed by atoms with E-state index in [0.717, 1.165) is 4.90 Å². The largest absolute Gasteiger partial charge is 0.508 e. The fourth-order valence-corrected chi connectivity index (χ4v) is 1.85. The molecule has 0 saturated carbocycles. The molecule has 2 rings (SSSR count). The summed E-state index contributed by atoms with van der Waals surface area (Å²) in [5.41, 5.74) is 6.02. The second-order valence-corrected chi connectivity index (χ2v) is 4.23. The Morgan fingerprint density at radius 1 is 1.50 bits per heavy atom. The number of guanidine groups is 1. The van der Waals surface area contributed by atoms with Crippen molar-refractivity contribution in [1.29, 1.82) is 5.41 Å². The Morgan fingerprint density at radius 2 is 2.17 bits per heavy atom. The molecule has 94 valence electrons. The molecule has 7 heteroatoms. The van der Waals surface area contributed by atoms with Gasteiger partial charge in [-0.15, -0.1) is 0 Å². The predicted octanol–water partition coefficient (Wildman–Crippen LogP) is 1.49. The molecule has 2 aromatic rings. The fourth-order valence-electron chi connectivity index (χ4n) is 1.58. The first-order valence-corrected chi connectivity index (χ1v) is 5.41.